The van der Waals surface area contributed by atoms with E-state index in [1.165, 1.54) is 0 Å². The van der Waals surface area contributed by atoms with Crippen molar-refractivity contribution in [3.8, 4) is 0 Å². The van der Waals surface area contributed by atoms with Crippen LogP contribution in [-0.4, -0.2) is 109 Å². The van der Waals surface area contributed by atoms with Gasteiger partial charge < -0.3 is 5.71 Å². The molecule has 0 N–H and O–H groups in total. The summed E-state index contributed by atoms with van der Waals surface area (Å²) < 4.78 is 8.39. The van der Waals surface area contributed by atoms with Gasteiger partial charge in [0.15, 0.2) is 0 Å². The molecule has 0 saturated carbocycles. The topological polar surface area (TPSA) is 17.1 Å². The number of rotatable bonds is 0. The quantitative estimate of drug-likeness (QED) is 0.520. The number of hydrogen-bond donors (Lipinski definition) is 0. The van der Waals surface area contributed by atoms with Crippen molar-refractivity contribution in [1.29, 1.82) is 0 Å². The molecule has 0 bridgehead atoms. The Morgan fingerprint density at radius 2 is 1.50 bits per heavy atom. The van der Waals surface area contributed by atoms with Crippen molar-refractivity contribution in [1.82, 2.24) is 0 Å². The van der Waals surface area contributed by atoms with E-state index in [0.717, 1.165) is 0 Å². The van der Waals surface area contributed by atoms with E-state index in [9.17, 15) is 0 Å². The molecule has 0 aliphatic heterocycles. The second-order valence-corrected chi connectivity index (χ2v) is 0. The van der Waals surface area contributed by atoms with Gasteiger partial charge in [0.05, 0.1) is 0 Å². The average Bonchev–Trinajstić information content (AvgIpc) is 1.00. The standard InChI is InChI=1S/Ca.O.Pb.Sr.4H/q+2;;;+2;4*-1. The van der Waals surface area contributed by atoms with Gasteiger partial charge in [0.1, 0.15) is 0 Å². The molecule has 0 heterocycles. The van der Waals surface area contributed by atoms with Gasteiger partial charge in [-0.2, -0.15) is 0 Å². The van der Waals surface area contributed by atoms with Gasteiger partial charge >= 0.3 is 112 Å². The van der Waals surface area contributed by atoms with Crippen molar-refractivity contribution in [3.63, 3.8) is 0 Å². The van der Waals surface area contributed by atoms with Crippen LogP contribution in [0.15, 0.2) is 0 Å². The molecule has 0 aromatic heterocycles. The summed E-state index contributed by atoms with van der Waals surface area (Å²) in [6.45, 7) is 0. The Morgan fingerprint density at radius 3 is 1.50 bits per heavy atom. The fourth-order valence-electron chi connectivity index (χ4n) is 0. The van der Waals surface area contributed by atoms with E-state index in [0.29, 0.717) is 0 Å². The van der Waals surface area contributed by atoms with E-state index in [2.05, 4.69) is 0 Å². The first-order chi connectivity index (χ1) is 1.00. The summed E-state index contributed by atoms with van der Waals surface area (Å²) in [6.07, 6.45) is 0. The summed E-state index contributed by atoms with van der Waals surface area (Å²) in [7, 11) is 0. The smallest absolute Gasteiger partial charge is 2.00 e. The van der Waals surface area contributed by atoms with Gasteiger partial charge in [-0.15, -0.1) is 0 Å². The van der Waals surface area contributed by atoms with Crippen molar-refractivity contribution in [2.45, 2.75) is 0 Å². The molecule has 0 aromatic rings. The largest absolute Gasteiger partial charge is 2.00 e. The molecule has 4 heavy (non-hydrogen) atoms. The minimum Gasteiger partial charge on any atom is 2.00 e. The monoisotopic (exact) mass is 356 g/mol. The molecule has 0 unspecified atom stereocenters. The summed E-state index contributed by atoms with van der Waals surface area (Å²) >= 11 is 0.0556. The fraction of sp³-hybridized carbons (Fsp3) is 0. The minimum atomic E-state index is 0. The van der Waals surface area contributed by atoms with Gasteiger partial charge in [-0.25, -0.2) is 0 Å². The molecule has 0 amide bonds. The van der Waals surface area contributed by atoms with E-state index in [4.69, 9.17) is 2.69 Å². The van der Waals surface area contributed by atoms with E-state index in [1.54, 1.807) is 0 Å². The SMILES string of the molecule is [Ca+2].[H-].[H-].[H-].[H-].[O]=[Pb].[Sr+2]. The molecular formula is H4CaOPbSr. The Bertz CT molecular complexity index is 16.0. The summed E-state index contributed by atoms with van der Waals surface area (Å²) in [6, 6.07) is 0. The van der Waals surface area contributed by atoms with Gasteiger partial charge in [0.25, 0.3) is 0 Å². The van der Waals surface area contributed by atoms with Crippen molar-refractivity contribution in [2.75, 3.05) is 0 Å². The van der Waals surface area contributed by atoms with E-state index in [1.807, 2.05) is 0 Å². The van der Waals surface area contributed by atoms with Crippen LogP contribution in [0.25, 0.3) is 0 Å². The van der Waals surface area contributed by atoms with Crippen LogP contribution in [0.1, 0.15) is 5.71 Å². The van der Waals surface area contributed by atoms with E-state index < -0.39 is 0 Å². The van der Waals surface area contributed by atoms with Crippen LogP contribution < -0.4 is 0 Å². The van der Waals surface area contributed by atoms with Gasteiger partial charge in [-0.05, 0) is 0 Å². The molecule has 0 spiro atoms. The predicted molar refractivity (Wildman–Crippen MR) is 22.4 cm³/mol. The van der Waals surface area contributed by atoms with Crippen molar-refractivity contribution >= 4 is 109 Å². The molecule has 0 aliphatic carbocycles. The minimum absolute atomic E-state index is 0. The maximum absolute atomic E-state index is 8.39. The van der Waals surface area contributed by atoms with Crippen LogP contribution in [0.4, 0.5) is 0 Å². The Morgan fingerprint density at radius 1 is 1.50 bits per heavy atom. The zero-order chi connectivity index (χ0) is 2.00. The molecule has 2 radical (unpaired) electrons. The molecule has 0 rings (SSSR count). The Labute approximate surface area is 114 Å². The van der Waals surface area contributed by atoms with Crippen molar-refractivity contribution in [2.24, 2.45) is 0 Å². The van der Waals surface area contributed by atoms with Gasteiger partial charge in [-0.1, -0.05) is 0 Å². The molecule has 0 aromatic carbocycles. The molecule has 0 fully saturated rings. The van der Waals surface area contributed by atoms with Crippen LogP contribution in [-0.2, 0) is 2.69 Å². The molecule has 0 atom stereocenters. The summed E-state index contributed by atoms with van der Waals surface area (Å²) in [5.74, 6) is 0. The second kappa shape index (κ2) is 16.1. The van der Waals surface area contributed by atoms with Crippen molar-refractivity contribution < 1.29 is 8.39 Å². The van der Waals surface area contributed by atoms with E-state index in [-0.39, 0.29) is 115 Å². The number of hydrogen-bond acceptors (Lipinski definition) is 1. The molecule has 0 saturated heterocycles. The van der Waals surface area contributed by atoms with Crippen LogP contribution in [0.3, 0.4) is 0 Å². The predicted octanol–water partition coefficient (Wildman–Crippen LogP) is -0.811. The van der Waals surface area contributed by atoms with Gasteiger partial charge in [0.2, 0.25) is 0 Å². The van der Waals surface area contributed by atoms with Gasteiger partial charge in [-0.3, -0.25) is 0 Å². The maximum atomic E-state index is 8.39. The average molecular weight is 355 g/mol. The van der Waals surface area contributed by atoms with E-state index >= 15 is 0 Å². The Kier molecular flexibility index (Phi) is 62.9. The van der Waals surface area contributed by atoms with Crippen molar-refractivity contribution in [3.05, 3.63) is 0 Å². The second-order valence-electron chi connectivity index (χ2n) is 0. The zero-order valence-electron chi connectivity index (χ0n) is 6.32. The molecular weight excluding hydrogens is 351 g/mol. The third-order valence-corrected chi connectivity index (χ3v) is 0. The maximum Gasteiger partial charge on any atom is 2.00 e. The molecule has 1 nitrogen and oxygen atoms in total. The molecule has 4 heteroatoms. The summed E-state index contributed by atoms with van der Waals surface area (Å²) in [5.41, 5.74) is 0. The third-order valence-electron chi connectivity index (χ3n) is 0. The fourth-order valence-corrected chi connectivity index (χ4v) is 0. The van der Waals surface area contributed by atoms with Crippen LogP contribution in [0.2, 0.25) is 0 Å². The first-order valence-corrected chi connectivity index (χ1v) is 1.79. The first-order valence-electron chi connectivity index (χ1n) is 0.204. The molecule has 18 valence electrons. The third kappa shape index (κ3) is 9.07. The summed E-state index contributed by atoms with van der Waals surface area (Å²) in [5, 5.41) is 0. The summed E-state index contributed by atoms with van der Waals surface area (Å²) in [4.78, 5) is 0. The van der Waals surface area contributed by atoms with Crippen LogP contribution in [0.5, 0.6) is 0 Å². The zero-order valence-corrected chi connectivity index (χ0v) is 11.9. The van der Waals surface area contributed by atoms with Crippen LogP contribution in [0, 0.1) is 0 Å². The normalized spacial score (nSPS) is 1.00. The first kappa shape index (κ1) is 15.7. The molecule has 0 aliphatic rings. The van der Waals surface area contributed by atoms with Gasteiger partial charge in [0, 0.05) is 0 Å². The van der Waals surface area contributed by atoms with Crippen LogP contribution >= 0.6 is 0 Å². The Balaban J connectivity index is -0.000000000333. The Hall–Kier alpha value is 3.46.